The third-order valence-electron chi connectivity index (χ3n) is 5.28. The molecule has 0 aromatic heterocycles. The summed E-state index contributed by atoms with van der Waals surface area (Å²) >= 11 is 0. The van der Waals surface area contributed by atoms with Crippen molar-refractivity contribution < 1.29 is 17.6 Å². The summed E-state index contributed by atoms with van der Waals surface area (Å²) in [6.07, 6.45) is 0.772. The van der Waals surface area contributed by atoms with Gasteiger partial charge in [-0.2, -0.15) is 0 Å². The van der Waals surface area contributed by atoms with Crippen LogP contribution in [0.2, 0.25) is 0 Å². The predicted molar refractivity (Wildman–Crippen MR) is 110 cm³/mol. The van der Waals surface area contributed by atoms with Crippen molar-refractivity contribution in [2.75, 3.05) is 33.2 Å². The number of carbonyl (C=O) groups is 1. The molecular formula is C21H26FN3O3S. The first-order valence-corrected chi connectivity index (χ1v) is 11.1. The Morgan fingerprint density at radius 3 is 2.59 bits per heavy atom. The van der Waals surface area contributed by atoms with E-state index in [0.29, 0.717) is 19.6 Å². The van der Waals surface area contributed by atoms with Crippen molar-refractivity contribution >= 4 is 15.9 Å². The summed E-state index contributed by atoms with van der Waals surface area (Å²) in [5.41, 5.74) is 2.27. The van der Waals surface area contributed by atoms with Crippen LogP contribution in [0.15, 0.2) is 47.4 Å². The lowest BCUT2D eigenvalue weighted by atomic mass is 10.1. The van der Waals surface area contributed by atoms with Crippen molar-refractivity contribution in [2.45, 2.75) is 24.8 Å². The highest BCUT2D eigenvalue weighted by Gasteiger charge is 2.24. The van der Waals surface area contributed by atoms with Crippen molar-refractivity contribution in [1.29, 1.82) is 0 Å². The Bertz CT molecular complexity index is 994. The smallest absolute Gasteiger partial charge is 0.256 e. The van der Waals surface area contributed by atoms with E-state index in [-0.39, 0.29) is 10.5 Å². The molecule has 2 aromatic carbocycles. The van der Waals surface area contributed by atoms with Crippen LogP contribution in [0.3, 0.4) is 0 Å². The van der Waals surface area contributed by atoms with Gasteiger partial charge >= 0.3 is 0 Å². The summed E-state index contributed by atoms with van der Waals surface area (Å²) in [7, 11) is -2.48. The van der Waals surface area contributed by atoms with Gasteiger partial charge < -0.3 is 4.90 Å². The fraction of sp³-hybridized carbons (Fsp3) is 0.381. The lowest BCUT2D eigenvalue weighted by molar-refractivity contribution is 0.0756. The van der Waals surface area contributed by atoms with Crippen LogP contribution in [0.5, 0.6) is 0 Å². The van der Waals surface area contributed by atoms with Gasteiger partial charge in [-0.05, 0) is 49.7 Å². The van der Waals surface area contributed by atoms with Crippen LogP contribution in [0.4, 0.5) is 4.39 Å². The predicted octanol–water partition coefficient (Wildman–Crippen LogP) is 2.39. The number of amides is 1. The molecule has 1 heterocycles. The molecule has 1 aliphatic rings. The lowest BCUT2D eigenvalue weighted by Gasteiger charge is -2.23. The number of carbonyl (C=O) groups excluding carboxylic acids is 1. The quantitative estimate of drug-likeness (QED) is 0.808. The van der Waals surface area contributed by atoms with E-state index in [1.165, 1.54) is 18.2 Å². The number of hydrogen-bond acceptors (Lipinski definition) is 4. The molecule has 8 heteroatoms. The summed E-state index contributed by atoms with van der Waals surface area (Å²) in [6, 6.07) is 11.5. The number of benzene rings is 2. The standard InChI is InChI=1S/C21H26FN3O3S/c1-16-6-3-4-7-17(16)15-24-10-5-11-25(13-12-24)21(26)19-14-18(8-9-20(19)22)29(27,28)23-2/h3-4,6-9,14,23H,5,10-13,15H2,1-2H3. The molecule has 1 N–H and O–H groups in total. The molecule has 0 spiro atoms. The molecule has 0 aliphatic carbocycles. The van der Waals surface area contributed by atoms with Crippen LogP contribution in [0.1, 0.15) is 27.9 Å². The van der Waals surface area contributed by atoms with Crippen LogP contribution in [0.25, 0.3) is 0 Å². The molecule has 1 saturated heterocycles. The minimum Gasteiger partial charge on any atom is -0.337 e. The molecular weight excluding hydrogens is 393 g/mol. The van der Waals surface area contributed by atoms with Crippen LogP contribution in [-0.4, -0.2) is 57.4 Å². The van der Waals surface area contributed by atoms with Gasteiger partial charge in [0.2, 0.25) is 10.0 Å². The third-order valence-corrected chi connectivity index (χ3v) is 6.69. The molecule has 6 nitrogen and oxygen atoms in total. The van der Waals surface area contributed by atoms with Crippen LogP contribution in [-0.2, 0) is 16.6 Å². The fourth-order valence-corrected chi connectivity index (χ4v) is 4.24. The van der Waals surface area contributed by atoms with E-state index in [1.54, 1.807) is 4.90 Å². The second-order valence-electron chi connectivity index (χ2n) is 7.20. The number of hydrogen-bond donors (Lipinski definition) is 1. The highest BCUT2D eigenvalue weighted by atomic mass is 32.2. The molecule has 2 aromatic rings. The zero-order valence-corrected chi connectivity index (χ0v) is 17.5. The topological polar surface area (TPSA) is 69.7 Å². The van der Waals surface area contributed by atoms with Gasteiger partial charge in [0, 0.05) is 32.7 Å². The number of rotatable bonds is 5. The molecule has 0 radical (unpaired) electrons. The molecule has 29 heavy (non-hydrogen) atoms. The number of sulfonamides is 1. The molecule has 0 saturated carbocycles. The third kappa shape index (κ3) is 5.01. The summed E-state index contributed by atoms with van der Waals surface area (Å²) in [5.74, 6) is -1.19. The van der Waals surface area contributed by atoms with E-state index in [1.807, 2.05) is 12.1 Å². The molecule has 1 amide bonds. The number of halogens is 1. The van der Waals surface area contributed by atoms with Crippen molar-refractivity contribution in [3.8, 4) is 0 Å². The largest absolute Gasteiger partial charge is 0.337 e. The maximum Gasteiger partial charge on any atom is 0.256 e. The van der Waals surface area contributed by atoms with Crippen LogP contribution < -0.4 is 4.72 Å². The Morgan fingerprint density at radius 2 is 1.86 bits per heavy atom. The number of nitrogens with zero attached hydrogens (tertiary/aromatic N) is 2. The molecule has 0 bridgehead atoms. The fourth-order valence-electron chi connectivity index (χ4n) is 3.48. The zero-order valence-electron chi connectivity index (χ0n) is 16.7. The van der Waals surface area contributed by atoms with Gasteiger partial charge in [-0.15, -0.1) is 0 Å². The average molecular weight is 420 g/mol. The average Bonchev–Trinajstić information content (AvgIpc) is 2.95. The molecule has 156 valence electrons. The van der Waals surface area contributed by atoms with Crippen LogP contribution in [0, 0.1) is 12.7 Å². The molecule has 3 rings (SSSR count). The van der Waals surface area contributed by atoms with Gasteiger partial charge in [0.25, 0.3) is 5.91 Å². The first kappa shape index (κ1) is 21.4. The Morgan fingerprint density at radius 1 is 1.10 bits per heavy atom. The second-order valence-corrected chi connectivity index (χ2v) is 9.08. The normalized spacial score (nSPS) is 15.9. The molecule has 1 aliphatic heterocycles. The zero-order chi connectivity index (χ0) is 21.0. The molecule has 1 fully saturated rings. The van der Waals surface area contributed by atoms with Gasteiger partial charge in [-0.25, -0.2) is 17.5 Å². The maximum absolute atomic E-state index is 14.3. The first-order valence-electron chi connectivity index (χ1n) is 9.61. The summed E-state index contributed by atoms with van der Waals surface area (Å²) in [4.78, 5) is 16.7. The van der Waals surface area contributed by atoms with Crippen molar-refractivity contribution in [3.05, 3.63) is 65.0 Å². The Balaban J connectivity index is 1.73. The summed E-state index contributed by atoms with van der Waals surface area (Å²) in [5, 5.41) is 0. The molecule has 0 unspecified atom stereocenters. The van der Waals surface area contributed by atoms with Crippen molar-refractivity contribution in [2.24, 2.45) is 0 Å². The van der Waals surface area contributed by atoms with Crippen LogP contribution >= 0.6 is 0 Å². The van der Waals surface area contributed by atoms with Gasteiger partial charge in [0.05, 0.1) is 10.5 Å². The van der Waals surface area contributed by atoms with Gasteiger partial charge in [0.1, 0.15) is 5.82 Å². The SMILES string of the molecule is CNS(=O)(=O)c1ccc(F)c(C(=O)N2CCCN(Cc3ccccc3C)CC2)c1. The van der Waals surface area contributed by atoms with Gasteiger partial charge in [0.15, 0.2) is 0 Å². The summed E-state index contributed by atoms with van der Waals surface area (Å²) < 4.78 is 40.5. The Kier molecular flexibility index (Phi) is 6.66. The monoisotopic (exact) mass is 419 g/mol. The number of nitrogens with one attached hydrogen (secondary N) is 1. The highest BCUT2D eigenvalue weighted by molar-refractivity contribution is 7.89. The number of aryl methyl sites for hydroxylation is 1. The van der Waals surface area contributed by atoms with E-state index < -0.39 is 21.7 Å². The second kappa shape index (κ2) is 9.02. The van der Waals surface area contributed by atoms with E-state index in [4.69, 9.17) is 0 Å². The minimum atomic E-state index is -3.75. The van der Waals surface area contributed by atoms with Crippen molar-refractivity contribution in [3.63, 3.8) is 0 Å². The van der Waals surface area contributed by atoms with Crippen molar-refractivity contribution in [1.82, 2.24) is 14.5 Å². The van der Waals surface area contributed by atoms with Gasteiger partial charge in [-0.1, -0.05) is 24.3 Å². The maximum atomic E-state index is 14.3. The summed E-state index contributed by atoms with van der Waals surface area (Å²) in [6.45, 7) is 5.38. The van der Waals surface area contributed by atoms with E-state index in [2.05, 4.69) is 28.7 Å². The van der Waals surface area contributed by atoms with E-state index in [0.717, 1.165) is 37.7 Å². The first-order chi connectivity index (χ1) is 13.8. The van der Waals surface area contributed by atoms with E-state index in [9.17, 15) is 17.6 Å². The minimum absolute atomic E-state index is 0.124. The van der Waals surface area contributed by atoms with Gasteiger partial charge in [-0.3, -0.25) is 9.69 Å². The lowest BCUT2D eigenvalue weighted by Crippen LogP contribution is -2.35. The van der Waals surface area contributed by atoms with E-state index >= 15 is 0 Å². The Labute approximate surface area is 171 Å². The molecule has 0 atom stereocenters. The highest BCUT2D eigenvalue weighted by Crippen LogP contribution is 2.19. The Hall–Kier alpha value is -2.29.